The maximum atomic E-state index is 12.5. The molecular weight excluding hydrogens is 256 g/mol. The van der Waals surface area contributed by atoms with E-state index in [1.165, 1.54) is 11.6 Å². The highest BCUT2D eigenvalue weighted by molar-refractivity contribution is 6.09. The van der Waals surface area contributed by atoms with E-state index in [2.05, 4.69) is 5.10 Å². The summed E-state index contributed by atoms with van der Waals surface area (Å²) in [6, 6.07) is 6.74. The van der Waals surface area contributed by atoms with Crippen molar-refractivity contribution in [3.63, 3.8) is 0 Å². The Bertz CT molecular complexity index is 745. The third-order valence-electron chi connectivity index (χ3n) is 3.61. The molecule has 0 fully saturated rings. The summed E-state index contributed by atoms with van der Waals surface area (Å²) >= 11 is 0. The predicted molar refractivity (Wildman–Crippen MR) is 72.9 cm³/mol. The number of carbonyl (C=O) groups excluding carboxylic acids is 1. The van der Waals surface area contributed by atoms with Crippen molar-refractivity contribution < 1.29 is 15.0 Å². The third-order valence-corrected chi connectivity index (χ3v) is 3.61. The Morgan fingerprint density at radius 3 is 2.60 bits per heavy atom. The normalized spacial score (nSPS) is 22.1. The van der Waals surface area contributed by atoms with Gasteiger partial charge < -0.3 is 10.2 Å². The Hall–Kier alpha value is -2.40. The van der Waals surface area contributed by atoms with Crippen LogP contribution in [0.2, 0.25) is 0 Å². The van der Waals surface area contributed by atoms with E-state index >= 15 is 0 Å². The Balaban J connectivity index is 2.34. The lowest BCUT2D eigenvalue weighted by Crippen LogP contribution is -2.46. The molecule has 2 N–H and O–H groups in total. The highest BCUT2D eigenvalue weighted by Crippen LogP contribution is 2.38. The van der Waals surface area contributed by atoms with Crippen LogP contribution in [-0.2, 0) is 10.5 Å². The minimum Gasteiger partial charge on any atom is -0.507 e. The van der Waals surface area contributed by atoms with Crippen molar-refractivity contribution in [1.82, 2.24) is 9.78 Å². The van der Waals surface area contributed by atoms with Crippen molar-refractivity contribution in [3.8, 4) is 0 Å². The van der Waals surface area contributed by atoms with Crippen LogP contribution in [0.1, 0.15) is 23.6 Å². The van der Waals surface area contributed by atoms with E-state index in [9.17, 15) is 15.0 Å². The lowest BCUT2D eigenvalue weighted by atomic mass is 9.83. The van der Waals surface area contributed by atoms with Gasteiger partial charge in [-0.05, 0) is 19.4 Å². The zero-order chi connectivity index (χ0) is 14.5. The average Bonchev–Trinajstić information content (AvgIpc) is 2.90. The van der Waals surface area contributed by atoms with Crippen LogP contribution in [0.5, 0.6) is 0 Å². The Morgan fingerprint density at radius 2 is 1.95 bits per heavy atom. The molecule has 0 amide bonds. The van der Waals surface area contributed by atoms with Gasteiger partial charge in [-0.3, -0.25) is 4.79 Å². The summed E-state index contributed by atoms with van der Waals surface area (Å²) < 4.78 is 1.24. The zero-order valence-electron chi connectivity index (χ0n) is 11.2. The SMILES string of the molecule is CC1=C(O)c2ccccc2[C@@](O)(n2cc(C)cn2)C1=O. The predicted octanol–water partition coefficient (Wildman–Crippen LogP) is 1.76. The van der Waals surface area contributed by atoms with E-state index in [0.717, 1.165) is 5.56 Å². The summed E-state index contributed by atoms with van der Waals surface area (Å²) in [7, 11) is 0. The van der Waals surface area contributed by atoms with Crippen molar-refractivity contribution >= 4 is 11.5 Å². The zero-order valence-corrected chi connectivity index (χ0v) is 11.2. The summed E-state index contributed by atoms with van der Waals surface area (Å²) in [5.74, 6) is -0.670. The number of aliphatic hydroxyl groups is 2. The molecule has 0 radical (unpaired) electrons. The number of hydrogen-bond donors (Lipinski definition) is 2. The molecule has 0 unspecified atom stereocenters. The quantitative estimate of drug-likeness (QED) is 0.828. The van der Waals surface area contributed by atoms with Crippen molar-refractivity contribution in [2.24, 2.45) is 0 Å². The first-order chi connectivity index (χ1) is 9.46. The molecule has 1 heterocycles. The van der Waals surface area contributed by atoms with Gasteiger partial charge in [-0.25, -0.2) is 4.68 Å². The van der Waals surface area contributed by atoms with Gasteiger partial charge in [0.15, 0.2) is 0 Å². The summed E-state index contributed by atoms with van der Waals surface area (Å²) in [5, 5.41) is 25.1. The largest absolute Gasteiger partial charge is 0.507 e. The van der Waals surface area contributed by atoms with E-state index in [4.69, 9.17) is 0 Å². The van der Waals surface area contributed by atoms with Gasteiger partial charge >= 0.3 is 0 Å². The fourth-order valence-corrected chi connectivity index (χ4v) is 2.50. The number of hydrogen-bond acceptors (Lipinski definition) is 4. The van der Waals surface area contributed by atoms with Crippen LogP contribution >= 0.6 is 0 Å². The van der Waals surface area contributed by atoms with Gasteiger partial charge in [0, 0.05) is 22.9 Å². The Morgan fingerprint density at radius 1 is 1.25 bits per heavy atom. The highest BCUT2D eigenvalue weighted by Gasteiger charge is 2.47. The minimum atomic E-state index is -1.92. The first-order valence-electron chi connectivity index (χ1n) is 6.25. The van der Waals surface area contributed by atoms with E-state index < -0.39 is 11.5 Å². The maximum Gasteiger partial charge on any atom is 0.249 e. The molecular formula is C15H14N2O3. The molecule has 0 saturated heterocycles. The molecule has 1 aliphatic rings. The number of benzene rings is 1. The molecule has 0 spiro atoms. The molecule has 1 aromatic heterocycles. The topological polar surface area (TPSA) is 75.3 Å². The molecule has 3 rings (SSSR count). The van der Waals surface area contributed by atoms with Crippen molar-refractivity contribution in [2.45, 2.75) is 19.6 Å². The van der Waals surface area contributed by atoms with Crippen LogP contribution in [0, 0.1) is 6.92 Å². The van der Waals surface area contributed by atoms with Crippen molar-refractivity contribution in [2.75, 3.05) is 0 Å². The Labute approximate surface area is 115 Å². The van der Waals surface area contributed by atoms with Gasteiger partial charge in [-0.15, -0.1) is 0 Å². The number of nitrogens with zero attached hydrogens (tertiary/aromatic N) is 2. The number of aliphatic hydroxyl groups excluding tert-OH is 1. The van der Waals surface area contributed by atoms with Gasteiger partial charge in [0.1, 0.15) is 5.76 Å². The van der Waals surface area contributed by atoms with Crippen LogP contribution in [0.25, 0.3) is 5.76 Å². The molecule has 1 aliphatic carbocycles. The lowest BCUT2D eigenvalue weighted by Gasteiger charge is -2.33. The first kappa shape index (κ1) is 12.6. The average molecular weight is 270 g/mol. The second-order valence-corrected chi connectivity index (χ2v) is 4.98. The van der Waals surface area contributed by atoms with Crippen LogP contribution in [-0.4, -0.2) is 25.8 Å². The summed E-state index contributed by atoms with van der Waals surface area (Å²) in [4.78, 5) is 12.5. The van der Waals surface area contributed by atoms with Crippen LogP contribution < -0.4 is 0 Å². The molecule has 5 heteroatoms. The maximum absolute atomic E-state index is 12.5. The number of ketones is 1. The number of Topliss-reactive ketones (excluding diaryl/α,β-unsaturated/α-hetero) is 1. The van der Waals surface area contributed by atoms with E-state index in [-0.39, 0.29) is 11.3 Å². The fourth-order valence-electron chi connectivity index (χ4n) is 2.50. The molecule has 1 atom stereocenters. The molecule has 5 nitrogen and oxygen atoms in total. The standard InChI is InChI=1S/C15H14N2O3/c1-9-7-16-17(8-9)15(20)12-6-4-3-5-11(12)13(18)10(2)14(15)19/h3-8,18,20H,1-2H3/t15-/m0/s1. The first-order valence-corrected chi connectivity index (χ1v) is 6.25. The number of aromatic nitrogens is 2. The van der Waals surface area contributed by atoms with Crippen LogP contribution in [0.3, 0.4) is 0 Å². The number of aryl methyl sites for hydroxylation is 1. The number of rotatable bonds is 1. The molecule has 102 valence electrons. The van der Waals surface area contributed by atoms with Crippen molar-refractivity contribution in [1.29, 1.82) is 0 Å². The van der Waals surface area contributed by atoms with E-state index in [0.29, 0.717) is 11.1 Å². The Kier molecular flexibility index (Phi) is 2.55. The van der Waals surface area contributed by atoms with E-state index in [1.54, 1.807) is 36.7 Å². The summed E-state index contributed by atoms with van der Waals surface area (Å²) in [6.45, 7) is 3.32. The number of fused-ring (bicyclic) bond motifs is 1. The molecule has 2 aromatic rings. The molecule has 0 bridgehead atoms. The van der Waals surface area contributed by atoms with Crippen molar-refractivity contribution in [3.05, 3.63) is 58.9 Å². The second-order valence-electron chi connectivity index (χ2n) is 4.98. The van der Waals surface area contributed by atoms with Gasteiger partial charge in [0.25, 0.3) is 0 Å². The third kappa shape index (κ3) is 1.47. The monoisotopic (exact) mass is 270 g/mol. The van der Waals surface area contributed by atoms with Gasteiger partial charge in [-0.1, -0.05) is 24.3 Å². The minimum absolute atomic E-state index is 0.0980. The second kappa shape index (κ2) is 4.05. The molecule has 0 saturated carbocycles. The fraction of sp³-hybridized carbons (Fsp3) is 0.200. The lowest BCUT2D eigenvalue weighted by molar-refractivity contribution is -0.139. The van der Waals surface area contributed by atoms with Gasteiger partial charge in [0.2, 0.25) is 11.5 Å². The molecule has 0 aliphatic heterocycles. The molecule has 1 aromatic carbocycles. The van der Waals surface area contributed by atoms with E-state index in [1.807, 2.05) is 6.92 Å². The number of carbonyl (C=O) groups is 1. The van der Waals surface area contributed by atoms with Gasteiger partial charge in [-0.2, -0.15) is 5.10 Å². The van der Waals surface area contributed by atoms with Gasteiger partial charge in [0.05, 0.1) is 6.20 Å². The summed E-state index contributed by atoms with van der Waals surface area (Å²) in [6.07, 6.45) is 3.17. The smallest absolute Gasteiger partial charge is 0.249 e. The molecule has 20 heavy (non-hydrogen) atoms. The van der Waals surface area contributed by atoms with Crippen LogP contribution in [0.4, 0.5) is 0 Å². The van der Waals surface area contributed by atoms with Crippen LogP contribution in [0.15, 0.2) is 42.2 Å². The summed E-state index contributed by atoms with van der Waals surface area (Å²) in [5.41, 5.74) is -0.183. The highest BCUT2D eigenvalue weighted by atomic mass is 16.3.